The van der Waals surface area contributed by atoms with Crippen LogP contribution in [0.2, 0.25) is 0 Å². The van der Waals surface area contributed by atoms with Gasteiger partial charge in [-0.3, -0.25) is 0 Å². The molecule has 0 unspecified atom stereocenters. The Balaban J connectivity index is 2.08. The number of halogens is 1. The number of methoxy groups -OCH3 is 1. The first kappa shape index (κ1) is 14.9. The van der Waals surface area contributed by atoms with Gasteiger partial charge in [-0.15, -0.1) is 11.8 Å². The Bertz CT molecular complexity index is 592. The summed E-state index contributed by atoms with van der Waals surface area (Å²) in [5, 5.41) is 18.1. The summed E-state index contributed by atoms with van der Waals surface area (Å²) in [4.78, 5) is 1.03. The van der Waals surface area contributed by atoms with E-state index in [-0.39, 0.29) is 5.46 Å². The zero-order valence-corrected chi connectivity index (χ0v) is 11.7. The van der Waals surface area contributed by atoms with Crippen LogP contribution in [0.3, 0.4) is 0 Å². The molecule has 3 nitrogen and oxygen atoms in total. The second-order valence-electron chi connectivity index (χ2n) is 4.20. The lowest BCUT2D eigenvalue weighted by atomic mass is 9.79. The van der Waals surface area contributed by atoms with Gasteiger partial charge in [-0.2, -0.15) is 0 Å². The molecule has 0 heterocycles. The lowest BCUT2D eigenvalue weighted by molar-refractivity contribution is 0.413. The van der Waals surface area contributed by atoms with E-state index in [0.717, 1.165) is 16.2 Å². The SMILES string of the molecule is COc1cccc(SCc2ccc(F)c(B(O)O)c2)c1. The van der Waals surface area contributed by atoms with Gasteiger partial charge in [-0.05, 0) is 29.8 Å². The maximum Gasteiger partial charge on any atom is 0.491 e. The van der Waals surface area contributed by atoms with Crippen LogP contribution in [0.5, 0.6) is 5.75 Å². The number of thioether (sulfide) groups is 1. The predicted octanol–water partition coefficient (Wildman–Crippen LogP) is 1.81. The normalized spacial score (nSPS) is 10.4. The molecule has 2 aromatic carbocycles. The summed E-state index contributed by atoms with van der Waals surface area (Å²) >= 11 is 1.56. The van der Waals surface area contributed by atoms with Crippen LogP contribution in [0.1, 0.15) is 5.56 Å². The van der Waals surface area contributed by atoms with Gasteiger partial charge in [0.2, 0.25) is 0 Å². The molecule has 0 spiro atoms. The third-order valence-corrected chi connectivity index (χ3v) is 3.85. The minimum absolute atomic E-state index is 0.103. The van der Waals surface area contributed by atoms with E-state index in [9.17, 15) is 4.39 Å². The third kappa shape index (κ3) is 3.76. The zero-order chi connectivity index (χ0) is 14.5. The molecular formula is C14H14BFO3S. The van der Waals surface area contributed by atoms with E-state index in [1.807, 2.05) is 24.3 Å². The van der Waals surface area contributed by atoms with Gasteiger partial charge in [0.1, 0.15) is 11.6 Å². The molecule has 2 N–H and O–H groups in total. The van der Waals surface area contributed by atoms with Crippen molar-refractivity contribution in [3.05, 3.63) is 53.8 Å². The minimum Gasteiger partial charge on any atom is -0.497 e. The molecule has 0 bridgehead atoms. The van der Waals surface area contributed by atoms with Crippen LogP contribution in [0, 0.1) is 5.82 Å². The fourth-order valence-electron chi connectivity index (χ4n) is 1.74. The van der Waals surface area contributed by atoms with Gasteiger partial charge in [-0.1, -0.05) is 18.2 Å². The number of benzene rings is 2. The van der Waals surface area contributed by atoms with E-state index in [4.69, 9.17) is 14.8 Å². The number of ether oxygens (including phenoxy) is 1. The molecule has 0 fully saturated rings. The Morgan fingerprint density at radius 1 is 1.20 bits per heavy atom. The molecular weight excluding hydrogens is 278 g/mol. The van der Waals surface area contributed by atoms with Crippen molar-refractivity contribution in [3.8, 4) is 5.75 Å². The molecule has 0 saturated heterocycles. The van der Waals surface area contributed by atoms with Crippen LogP contribution in [0.4, 0.5) is 4.39 Å². The van der Waals surface area contributed by atoms with Crippen molar-refractivity contribution in [1.82, 2.24) is 0 Å². The van der Waals surface area contributed by atoms with Crippen LogP contribution >= 0.6 is 11.8 Å². The van der Waals surface area contributed by atoms with Crippen molar-refractivity contribution < 1.29 is 19.2 Å². The predicted molar refractivity (Wildman–Crippen MR) is 78.8 cm³/mol. The summed E-state index contributed by atoms with van der Waals surface area (Å²) in [6.45, 7) is 0. The van der Waals surface area contributed by atoms with Crippen molar-refractivity contribution in [1.29, 1.82) is 0 Å². The van der Waals surface area contributed by atoms with E-state index in [1.54, 1.807) is 24.9 Å². The molecule has 0 atom stereocenters. The summed E-state index contributed by atoms with van der Waals surface area (Å²) < 4.78 is 18.5. The molecule has 0 aliphatic heterocycles. The Labute approximate surface area is 121 Å². The van der Waals surface area contributed by atoms with E-state index in [1.165, 1.54) is 12.1 Å². The highest BCUT2D eigenvalue weighted by molar-refractivity contribution is 7.98. The first-order valence-corrected chi connectivity index (χ1v) is 7.00. The van der Waals surface area contributed by atoms with Crippen LogP contribution in [-0.4, -0.2) is 24.3 Å². The third-order valence-electron chi connectivity index (χ3n) is 2.79. The van der Waals surface area contributed by atoms with Gasteiger partial charge >= 0.3 is 7.12 Å². The Morgan fingerprint density at radius 2 is 2.00 bits per heavy atom. The van der Waals surface area contributed by atoms with Gasteiger partial charge in [-0.25, -0.2) is 4.39 Å². The van der Waals surface area contributed by atoms with Crippen LogP contribution < -0.4 is 10.2 Å². The summed E-state index contributed by atoms with van der Waals surface area (Å²) in [7, 11) is -0.185. The smallest absolute Gasteiger partial charge is 0.491 e. The summed E-state index contributed by atoms with van der Waals surface area (Å²) in [5.41, 5.74) is 0.719. The van der Waals surface area contributed by atoms with Crippen LogP contribution in [0.25, 0.3) is 0 Å². The molecule has 0 aromatic heterocycles. The molecule has 0 aliphatic carbocycles. The van der Waals surface area contributed by atoms with Gasteiger partial charge < -0.3 is 14.8 Å². The Morgan fingerprint density at radius 3 is 2.70 bits per heavy atom. The van der Waals surface area contributed by atoms with Gasteiger partial charge in [0.15, 0.2) is 0 Å². The van der Waals surface area contributed by atoms with Crippen molar-refractivity contribution in [2.75, 3.05) is 7.11 Å². The first-order valence-electron chi connectivity index (χ1n) is 6.01. The largest absolute Gasteiger partial charge is 0.497 e. The topological polar surface area (TPSA) is 49.7 Å². The zero-order valence-electron chi connectivity index (χ0n) is 10.9. The molecule has 0 saturated carbocycles. The average molecular weight is 292 g/mol. The summed E-state index contributed by atoms with van der Waals surface area (Å²) in [5.74, 6) is 0.767. The number of hydrogen-bond acceptors (Lipinski definition) is 4. The second kappa shape index (κ2) is 6.79. The van der Waals surface area contributed by atoms with E-state index >= 15 is 0 Å². The molecule has 2 aromatic rings. The number of hydrogen-bond donors (Lipinski definition) is 2. The molecule has 0 aliphatic rings. The maximum atomic E-state index is 13.3. The lowest BCUT2D eigenvalue weighted by Gasteiger charge is -2.07. The highest BCUT2D eigenvalue weighted by atomic mass is 32.2. The van der Waals surface area contributed by atoms with Crippen molar-refractivity contribution in [2.45, 2.75) is 10.6 Å². The minimum atomic E-state index is -1.79. The molecule has 104 valence electrons. The summed E-state index contributed by atoms with van der Waals surface area (Å²) in [6, 6.07) is 12.0. The van der Waals surface area contributed by atoms with Crippen LogP contribution in [-0.2, 0) is 5.75 Å². The van der Waals surface area contributed by atoms with Gasteiger partial charge in [0.25, 0.3) is 0 Å². The molecule has 6 heteroatoms. The standard InChI is InChI=1S/C14H14BFO3S/c1-19-11-3-2-4-12(8-11)20-9-10-5-6-14(16)13(7-10)15(17)18/h2-8,17-18H,9H2,1H3. The average Bonchev–Trinajstić information content (AvgIpc) is 2.46. The van der Waals surface area contributed by atoms with E-state index in [0.29, 0.717) is 5.75 Å². The van der Waals surface area contributed by atoms with Crippen molar-refractivity contribution in [2.24, 2.45) is 0 Å². The molecule has 0 radical (unpaired) electrons. The van der Waals surface area contributed by atoms with Crippen molar-refractivity contribution in [3.63, 3.8) is 0 Å². The fourth-order valence-corrected chi connectivity index (χ4v) is 2.63. The van der Waals surface area contributed by atoms with Gasteiger partial charge in [0, 0.05) is 16.1 Å². The first-order chi connectivity index (χ1) is 9.60. The highest BCUT2D eigenvalue weighted by Gasteiger charge is 2.16. The van der Waals surface area contributed by atoms with Gasteiger partial charge in [0.05, 0.1) is 7.11 Å². The summed E-state index contributed by atoms with van der Waals surface area (Å²) in [6.07, 6.45) is 0. The quantitative estimate of drug-likeness (QED) is 0.652. The van der Waals surface area contributed by atoms with E-state index in [2.05, 4.69) is 0 Å². The Hall–Kier alpha value is -1.50. The fraction of sp³-hybridized carbons (Fsp3) is 0.143. The highest BCUT2D eigenvalue weighted by Crippen LogP contribution is 2.25. The second-order valence-corrected chi connectivity index (χ2v) is 5.25. The molecule has 0 amide bonds. The monoisotopic (exact) mass is 292 g/mol. The Kier molecular flexibility index (Phi) is 5.06. The molecule has 20 heavy (non-hydrogen) atoms. The number of rotatable bonds is 5. The van der Waals surface area contributed by atoms with Crippen molar-refractivity contribution >= 4 is 24.3 Å². The van der Waals surface area contributed by atoms with Crippen LogP contribution in [0.15, 0.2) is 47.4 Å². The maximum absolute atomic E-state index is 13.3. The molecule has 2 rings (SSSR count). The van der Waals surface area contributed by atoms with E-state index < -0.39 is 12.9 Å². The lowest BCUT2D eigenvalue weighted by Crippen LogP contribution is -2.32.